The van der Waals surface area contributed by atoms with E-state index in [9.17, 15) is 4.79 Å². The van der Waals surface area contributed by atoms with Crippen molar-refractivity contribution < 1.29 is 4.79 Å². The summed E-state index contributed by atoms with van der Waals surface area (Å²) in [4.78, 5) is 20.1. The van der Waals surface area contributed by atoms with Gasteiger partial charge >= 0.3 is 0 Å². The Kier molecular flexibility index (Phi) is 4.68. The van der Waals surface area contributed by atoms with Gasteiger partial charge in [-0.25, -0.2) is 14.6 Å². The van der Waals surface area contributed by atoms with Gasteiger partial charge in [0.1, 0.15) is 11.6 Å². The van der Waals surface area contributed by atoms with Gasteiger partial charge < -0.3 is 17.2 Å². The van der Waals surface area contributed by atoms with Crippen LogP contribution in [0.5, 0.6) is 0 Å². The van der Waals surface area contributed by atoms with Crippen LogP contribution in [0, 0.1) is 13.8 Å². The van der Waals surface area contributed by atoms with Crippen molar-refractivity contribution in [3.8, 4) is 0 Å². The number of nitrogens with zero attached hydrogens (tertiary/aromatic N) is 4. The minimum Gasteiger partial charge on any atom is -0.384 e. The van der Waals surface area contributed by atoms with Gasteiger partial charge in [-0.2, -0.15) is 0 Å². The van der Waals surface area contributed by atoms with Crippen LogP contribution in [0.1, 0.15) is 44.9 Å². The molecule has 0 aliphatic carbocycles. The van der Waals surface area contributed by atoms with E-state index < -0.39 is 11.9 Å². The van der Waals surface area contributed by atoms with Gasteiger partial charge in [-0.15, -0.1) is 5.10 Å². The van der Waals surface area contributed by atoms with Crippen molar-refractivity contribution >= 4 is 11.7 Å². The van der Waals surface area contributed by atoms with Gasteiger partial charge in [-0.1, -0.05) is 30.3 Å². The van der Waals surface area contributed by atoms with Crippen molar-refractivity contribution in [2.45, 2.75) is 26.4 Å². The van der Waals surface area contributed by atoms with Crippen LogP contribution in [0.3, 0.4) is 0 Å². The molecule has 0 bridgehead atoms. The predicted octanol–water partition coefficient (Wildman–Crippen LogP) is 1.07. The molecule has 1 atom stereocenters. The van der Waals surface area contributed by atoms with E-state index in [1.807, 2.05) is 44.2 Å². The highest BCUT2D eigenvalue weighted by Gasteiger charge is 2.21. The second-order valence-electron chi connectivity index (χ2n) is 6.13. The molecular formula is C18H21N7O. The van der Waals surface area contributed by atoms with E-state index >= 15 is 0 Å². The first kappa shape index (κ1) is 17.6. The van der Waals surface area contributed by atoms with E-state index in [1.54, 1.807) is 10.7 Å². The van der Waals surface area contributed by atoms with Gasteiger partial charge in [0, 0.05) is 5.69 Å². The zero-order chi connectivity index (χ0) is 18.8. The first-order valence-corrected chi connectivity index (χ1v) is 8.14. The molecule has 134 valence electrons. The molecule has 6 N–H and O–H groups in total. The molecule has 0 spiro atoms. The van der Waals surface area contributed by atoms with E-state index in [0.717, 1.165) is 22.4 Å². The number of amides is 1. The maximum atomic E-state index is 11.6. The molecule has 26 heavy (non-hydrogen) atoms. The topological polar surface area (TPSA) is 139 Å². The van der Waals surface area contributed by atoms with Crippen LogP contribution in [0.15, 0.2) is 36.4 Å². The number of nitrogen functional groups attached to an aromatic ring is 1. The van der Waals surface area contributed by atoms with Crippen LogP contribution >= 0.6 is 0 Å². The Morgan fingerprint density at radius 1 is 1.19 bits per heavy atom. The van der Waals surface area contributed by atoms with Crippen molar-refractivity contribution in [2.75, 3.05) is 5.73 Å². The van der Waals surface area contributed by atoms with Crippen LogP contribution in [0.2, 0.25) is 0 Å². The molecule has 0 radical (unpaired) electrons. The summed E-state index contributed by atoms with van der Waals surface area (Å²) in [6, 6.07) is 10.7. The molecule has 0 saturated carbocycles. The molecular weight excluding hydrogens is 330 g/mol. The summed E-state index contributed by atoms with van der Waals surface area (Å²) < 4.78 is 1.60. The quantitative estimate of drug-likeness (QED) is 0.628. The number of hydrogen-bond acceptors (Lipinski definition) is 6. The lowest BCUT2D eigenvalue weighted by molar-refractivity contribution is 0.0990. The number of primary amides is 1. The smallest absolute Gasteiger partial charge is 0.288 e. The minimum atomic E-state index is -0.700. The molecule has 8 nitrogen and oxygen atoms in total. The average Bonchev–Trinajstić information content (AvgIpc) is 3.02. The molecule has 0 aliphatic heterocycles. The molecule has 3 rings (SSSR count). The van der Waals surface area contributed by atoms with Crippen LogP contribution < -0.4 is 17.2 Å². The normalized spacial score (nSPS) is 12.1. The molecule has 2 aromatic heterocycles. The van der Waals surface area contributed by atoms with E-state index in [-0.39, 0.29) is 5.82 Å². The first-order valence-electron chi connectivity index (χ1n) is 8.14. The van der Waals surface area contributed by atoms with E-state index in [2.05, 4.69) is 15.1 Å². The molecule has 0 aliphatic rings. The maximum absolute atomic E-state index is 11.6. The monoisotopic (exact) mass is 351 g/mol. The summed E-state index contributed by atoms with van der Waals surface area (Å²) in [6.07, 6.45) is 0. The molecule has 1 aromatic carbocycles. The third-order valence-corrected chi connectivity index (χ3v) is 4.24. The Bertz CT molecular complexity index is 926. The van der Waals surface area contributed by atoms with Gasteiger partial charge in [-0.05, 0) is 36.6 Å². The Hall–Kier alpha value is -3.26. The molecule has 2 heterocycles. The largest absolute Gasteiger partial charge is 0.384 e. The summed E-state index contributed by atoms with van der Waals surface area (Å²) in [5, 5.41) is 4.25. The van der Waals surface area contributed by atoms with Crippen LogP contribution in [0.25, 0.3) is 0 Å². The van der Waals surface area contributed by atoms with E-state index in [0.29, 0.717) is 18.2 Å². The van der Waals surface area contributed by atoms with Crippen molar-refractivity contribution in [1.82, 2.24) is 19.7 Å². The Labute approximate surface area is 151 Å². The number of nitrogens with two attached hydrogens (primary N) is 3. The third-order valence-electron chi connectivity index (χ3n) is 4.24. The summed E-state index contributed by atoms with van der Waals surface area (Å²) in [6.45, 7) is 4.19. The SMILES string of the molecule is Cc1cc(N)nc(C)c1Cn1nc(C(N)=O)nc1C(N)c1ccccc1. The Morgan fingerprint density at radius 2 is 1.88 bits per heavy atom. The molecule has 8 heteroatoms. The number of hydrogen-bond donors (Lipinski definition) is 3. The van der Waals surface area contributed by atoms with Crippen molar-refractivity contribution in [1.29, 1.82) is 0 Å². The summed E-state index contributed by atoms with van der Waals surface area (Å²) >= 11 is 0. The zero-order valence-corrected chi connectivity index (χ0v) is 14.7. The second kappa shape index (κ2) is 6.93. The van der Waals surface area contributed by atoms with Crippen LogP contribution in [-0.4, -0.2) is 25.7 Å². The summed E-state index contributed by atoms with van der Waals surface area (Å²) in [7, 11) is 0. The van der Waals surface area contributed by atoms with Gasteiger partial charge in [-0.3, -0.25) is 4.79 Å². The second-order valence-corrected chi connectivity index (χ2v) is 6.13. The number of benzene rings is 1. The van der Waals surface area contributed by atoms with Gasteiger partial charge in [0.25, 0.3) is 5.91 Å². The lowest BCUT2D eigenvalue weighted by atomic mass is 10.1. The zero-order valence-electron chi connectivity index (χ0n) is 14.7. The first-order chi connectivity index (χ1) is 12.4. The number of carbonyl (C=O) groups is 1. The highest BCUT2D eigenvalue weighted by Crippen LogP contribution is 2.21. The molecule has 3 aromatic rings. The average molecular weight is 351 g/mol. The van der Waals surface area contributed by atoms with E-state index in [1.165, 1.54) is 0 Å². The predicted molar refractivity (Wildman–Crippen MR) is 98.2 cm³/mol. The van der Waals surface area contributed by atoms with Crippen LogP contribution in [-0.2, 0) is 6.54 Å². The third kappa shape index (κ3) is 3.40. The fourth-order valence-electron chi connectivity index (χ4n) is 2.89. The molecule has 0 saturated heterocycles. The summed E-state index contributed by atoms with van der Waals surface area (Å²) in [5.41, 5.74) is 21.1. The maximum Gasteiger partial charge on any atom is 0.288 e. The van der Waals surface area contributed by atoms with Gasteiger partial charge in [0.2, 0.25) is 5.82 Å². The molecule has 0 fully saturated rings. The van der Waals surface area contributed by atoms with Gasteiger partial charge in [0.15, 0.2) is 0 Å². The lowest BCUT2D eigenvalue weighted by Gasteiger charge is -2.15. The number of pyridine rings is 1. The minimum absolute atomic E-state index is 0.0647. The number of carbonyl (C=O) groups excluding carboxylic acids is 1. The fraction of sp³-hybridized carbons (Fsp3) is 0.222. The number of aromatic nitrogens is 4. The number of rotatable bonds is 5. The fourth-order valence-corrected chi connectivity index (χ4v) is 2.89. The van der Waals surface area contributed by atoms with Crippen LogP contribution in [0.4, 0.5) is 5.82 Å². The highest BCUT2D eigenvalue weighted by atomic mass is 16.1. The highest BCUT2D eigenvalue weighted by molar-refractivity contribution is 5.88. The molecule has 1 unspecified atom stereocenters. The number of anilines is 1. The Morgan fingerprint density at radius 3 is 2.50 bits per heavy atom. The van der Waals surface area contributed by atoms with E-state index in [4.69, 9.17) is 17.2 Å². The van der Waals surface area contributed by atoms with Crippen molar-refractivity contribution in [2.24, 2.45) is 11.5 Å². The van der Waals surface area contributed by atoms with Gasteiger partial charge in [0.05, 0.1) is 12.6 Å². The van der Waals surface area contributed by atoms with Crippen molar-refractivity contribution in [3.63, 3.8) is 0 Å². The Balaban J connectivity index is 2.05. The molecule has 1 amide bonds. The lowest BCUT2D eigenvalue weighted by Crippen LogP contribution is -2.20. The summed E-state index contributed by atoms with van der Waals surface area (Å²) in [5.74, 6) is 0.154. The van der Waals surface area contributed by atoms with Crippen molar-refractivity contribution in [3.05, 3.63) is 70.4 Å². The standard InChI is InChI=1S/C18H21N7O/c1-10-8-14(19)22-11(2)13(10)9-25-18(23-17(24-25)16(21)26)15(20)12-6-4-3-5-7-12/h3-8,15H,9,20H2,1-2H3,(H2,19,22)(H2,21,26). The number of aryl methyl sites for hydroxylation is 2.